The first-order valence-electron chi connectivity index (χ1n) is 6.67. The summed E-state index contributed by atoms with van der Waals surface area (Å²) >= 11 is 0. The van der Waals surface area contributed by atoms with Gasteiger partial charge in [0.2, 0.25) is 0 Å². The van der Waals surface area contributed by atoms with Gasteiger partial charge in [-0.1, -0.05) is 30.3 Å². The molecular weight excluding hydrogens is 262 g/mol. The van der Waals surface area contributed by atoms with Crippen LogP contribution in [-0.2, 0) is 0 Å². The SMILES string of the molecule is Cc1cc(NN=Cc2ccccc2O)c2ccccc2n1. The van der Waals surface area contributed by atoms with Crippen LogP contribution in [0.1, 0.15) is 11.3 Å². The van der Waals surface area contributed by atoms with E-state index in [1.807, 2.05) is 43.3 Å². The van der Waals surface area contributed by atoms with Crippen molar-refractivity contribution in [1.29, 1.82) is 0 Å². The fraction of sp³-hybridized carbons (Fsp3) is 0.0588. The number of phenols is 1. The number of aromatic nitrogens is 1. The van der Waals surface area contributed by atoms with Crippen molar-refractivity contribution in [3.63, 3.8) is 0 Å². The molecule has 1 heterocycles. The molecule has 2 aromatic carbocycles. The van der Waals surface area contributed by atoms with Crippen LogP contribution in [0.25, 0.3) is 10.9 Å². The molecule has 0 radical (unpaired) electrons. The minimum atomic E-state index is 0.207. The van der Waals surface area contributed by atoms with Crippen LogP contribution in [0.5, 0.6) is 5.75 Å². The number of para-hydroxylation sites is 2. The van der Waals surface area contributed by atoms with E-state index in [0.717, 1.165) is 22.3 Å². The third-order valence-electron chi connectivity index (χ3n) is 3.17. The number of hydrogen-bond acceptors (Lipinski definition) is 4. The number of nitrogens with one attached hydrogen (secondary N) is 1. The van der Waals surface area contributed by atoms with Crippen LogP contribution in [-0.4, -0.2) is 16.3 Å². The second kappa shape index (κ2) is 5.63. The molecule has 0 spiro atoms. The highest BCUT2D eigenvalue weighted by molar-refractivity contribution is 5.92. The molecule has 4 nitrogen and oxygen atoms in total. The van der Waals surface area contributed by atoms with Crippen LogP contribution >= 0.6 is 0 Å². The first-order valence-corrected chi connectivity index (χ1v) is 6.67. The maximum absolute atomic E-state index is 9.69. The van der Waals surface area contributed by atoms with Gasteiger partial charge in [0, 0.05) is 16.6 Å². The zero-order valence-corrected chi connectivity index (χ0v) is 11.6. The highest BCUT2D eigenvalue weighted by Crippen LogP contribution is 2.23. The molecule has 1 aromatic heterocycles. The second-order valence-corrected chi connectivity index (χ2v) is 4.76. The molecule has 0 unspecified atom stereocenters. The number of anilines is 1. The Labute approximate surface area is 122 Å². The Bertz CT molecular complexity index is 812. The summed E-state index contributed by atoms with van der Waals surface area (Å²) in [6.45, 7) is 1.95. The number of rotatable bonds is 3. The zero-order valence-electron chi connectivity index (χ0n) is 11.6. The second-order valence-electron chi connectivity index (χ2n) is 4.76. The van der Waals surface area contributed by atoms with Crippen molar-refractivity contribution in [2.45, 2.75) is 6.92 Å². The van der Waals surface area contributed by atoms with Crippen molar-refractivity contribution < 1.29 is 5.11 Å². The van der Waals surface area contributed by atoms with Crippen LogP contribution in [0.2, 0.25) is 0 Å². The molecule has 0 aliphatic heterocycles. The van der Waals surface area contributed by atoms with Gasteiger partial charge >= 0.3 is 0 Å². The average molecular weight is 277 g/mol. The number of hydrazone groups is 1. The molecule has 0 bridgehead atoms. The number of fused-ring (bicyclic) bond motifs is 1. The Morgan fingerprint density at radius 2 is 1.86 bits per heavy atom. The Kier molecular flexibility index (Phi) is 3.51. The van der Waals surface area contributed by atoms with Crippen LogP contribution in [0.15, 0.2) is 59.7 Å². The minimum Gasteiger partial charge on any atom is -0.507 e. The summed E-state index contributed by atoms with van der Waals surface area (Å²) in [4.78, 5) is 4.48. The standard InChI is InChI=1S/C17H15N3O/c1-12-10-16(14-7-3-4-8-15(14)19-12)20-18-11-13-6-2-5-9-17(13)21/h2-11,21H,1H3,(H,19,20). The molecule has 21 heavy (non-hydrogen) atoms. The van der Waals surface area contributed by atoms with E-state index in [0.29, 0.717) is 5.56 Å². The van der Waals surface area contributed by atoms with Gasteiger partial charge in [0.25, 0.3) is 0 Å². The molecule has 4 heteroatoms. The summed E-state index contributed by atoms with van der Waals surface area (Å²) in [5, 5.41) is 14.9. The van der Waals surface area contributed by atoms with Gasteiger partial charge < -0.3 is 5.11 Å². The van der Waals surface area contributed by atoms with Gasteiger partial charge in [0.1, 0.15) is 5.75 Å². The van der Waals surface area contributed by atoms with Crippen LogP contribution < -0.4 is 5.43 Å². The number of aromatic hydroxyl groups is 1. The summed E-state index contributed by atoms with van der Waals surface area (Å²) in [6.07, 6.45) is 1.60. The number of phenolic OH excluding ortho intramolecular Hbond substituents is 1. The van der Waals surface area contributed by atoms with E-state index in [2.05, 4.69) is 15.5 Å². The normalized spacial score (nSPS) is 11.1. The molecule has 104 valence electrons. The molecule has 0 fully saturated rings. The van der Waals surface area contributed by atoms with Gasteiger partial charge in [-0.25, -0.2) is 0 Å². The fourth-order valence-corrected chi connectivity index (χ4v) is 2.17. The van der Waals surface area contributed by atoms with Gasteiger partial charge in [0.15, 0.2) is 0 Å². The lowest BCUT2D eigenvalue weighted by atomic mass is 10.1. The predicted octanol–water partition coefficient (Wildman–Crippen LogP) is 3.69. The Morgan fingerprint density at radius 3 is 2.71 bits per heavy atom. The fourth-order valence-electron chi connectivity index (χ4n) is 2.17. The molecule has 0 aliphatic rings. The van der Waals surface area contributed by atoms with E-state index >= 15 is 0 Å². The zero-order chi connectivity index (χ0) is 14.7. The maximum atomic E-state index is 9.69. The number of nitrogens with zero attached hydrogens (tertiary/aromatic N) is 2. The van der Waals surface area contributed by atoms with E-state index in [1.54, 1.807) is 24.4 Å². The van der Waals surface area contributed by atoms with Crippen molar-refractivity contribution in [1.82, 2.24) is 4.98 Å². The summed E-state index contributed by atoms with van der Waals surface area (Å²) in [6, 6.07) is 16.9. The minimum absolute atomic E-state index is 0.207. The number of benzene rings is 2. The van der Waals surface area contributed by atoms with Crippen LogP contribution in [0.4, 0.5) is 5.69 Å². The quantitative estimate of drug-likeness (QED) is 0.567. The van der Waals surface area contributed by atoms with Gasteiger partial charge in [-0.05, 0) is 31.2 Å². The van der Waals surface area contributed by atoms with Crippen molar-refractivity contribution in [2.75, 3.05) is 5.43 Å². The van der Waals surface area contributed by atoms with E-state index in [-0.39, 0.29) is 5.75 Å². The Hall–Kier alpha value is -2.88. The smallest absolute Gasteiger partial charge is 0.124 e. The van der Waals surface area contributed by atoms with Gasteiger partial charge in [-0.3, -0.25) is 10.4 Å². The highest BCUT2D eigenvalue weighted by atomic mass is 16.3. The van der Waals surface area contributed by atoms with E-state index < -0.39 is 0 Å². The highest BCUT2D eigenvalue weighted by Gasteiger charge is 2.02. The monoisotopic (exact) mass is 277 g/mol. The van der Waals surface area contributed by atoms with Crippen molar-refractivity contribution >= 4 is 22.8 Å². The first kappa shape index (κ1) is 13.1. The van der Waals surface area contributed by atoms with Gasteiger partial charge in [-0.15, -0.1) is 0 Å². The lowest BCUT2D eigenvalue weighted by molar-refractivity contribution is 0.474. The molecule has 0 saturated carbocycles. The van der Waals surface area contributed by atoms with Crippen molar-refractivity contribution in [3.8, 4) is 5.75 Å². The summed E-state index contributed by atoms with van der Waals surface area (Å²) in [5.74, 6) is 0.207. The molecule has 0 aliphatic carbocycles. The predicted molar refractivity (Wildman–Crippen MR) is 85.8 cm³/mol. The number of hydrogen-bond donors (Lipinski definition) is 2. The van der Waals surface area contributed by atoms with E-state index in [4.69, 9.17) is 0 Å². The maximum Gasteiger partial charge on any atom is 0.124 e. The third kappa shape index (κ3) is 2.84. The molecule has 0 atom stereocenters. The van der Waals surface area contributed by atoms with Crippen molar-refractivity contribution in [2.24, 2.45) is 5.10 Å². The average Bonchev–Trinajstić information content (AvgIpc) is 2.49. The molecule has 2 N–H and O–H groups in total. The number of aryl methyl sites for hydroxylation is 1. The van der Waals surface area contributed by atoms with Crippen LogP contribution in [0.3, 0.4) is 0 Å². The molecular formula is C17H15N3O. The number of pyridine rings is 1. The van der Waals surface area contributed by atoms with Gasteiger partial charge in [-0.2, -0.15) is 5.10 Å². The topological polar surface area (TPSA) is 57.5 Å². The van der Waals surface area contributed by atoms with Crippen molar-refractivity contribution in [3.05, 3.63) is 65.9 Å². The largest absolute Gasteiger partial charge is 0.507 e. The van der Waals surface area contributed by atoms with Crippen LogP contribution in [0, 0.1) is 6.92 Å². The Morgan fingerprint density at radius 1 is 1.10 bits per heavy atom. The van der Waals surface area contributed by atoms with Gasteiger partial charge in [0.05, 0.1) is 17.4 Å². The molecule has 0 amide bonds. The lowest BCUT2D eigenvalue weighted by Crippen LogP contribution is -1.94. The molecule has 3 aromatic rings. The van der Waals surface area contributed by atoms with E-state index in [9.17, 15) is 5.11 Å². The molecule has 0 saturated heterocycles. The Balaban J connectivity index is 1.90. The third-order valence-corrected chi connectivity index (χ3v) is 3.17. The lowest BCUT2D eigenvalue weighted by Gasteiger charge is -2.06. The summed E-state index contributed by atoms with van der Waals surface area (Å²) in [5.41, 5.74) is 6.44. The summed E-state index contributed by atoms with van der Waals surface area (Å²) in [7, 11) is 0. The summed E-state index contributed by atoms with van der Waals surface area (Å²) < 4.78 is 0. The first-order chi connectivity index (χ1) is 10.2. The van der Waals surface area contributed by atoms with E-state index in [1.165, 1.54) is 0 Å². The molecule has 3 rings (SSSR count).